The highest BCUT2D eigenvalue weighted by Gasteiger charge is 2.40. The SMILES string of the molecule is CCC(C)(CC)N1C(=O)CNC1=O. The van der Waals surface area contributed by atoms with Gasteiger partial charge in [0.15, 0.2) is 0 Å². The molecule has 4 heteroatoms. The average Bonchev–Trinajstić information content (AvgIpc) is 2.46. The summed E-state index contributed by atoms with van der Waals surface area (Å²) >= 11 is 0. The van der Waals surface area contributed by atoms with Crippen LogP contribution in [0, 0.1) is 0 Å². The summed E-state index contributed by atoms with van der Waals surface area (Å²) in [7, 11) is 0. The van der Waals surface area contributed by atoms with Gasteiger partial charge in [0, 0.05) is 5.54 Å². The molecule has 0 bridgehead atoms. The van der Waals surface area contributed by atoms with Gasteiger partial charge in [-0.05, 0) is 19.8 Å². The van der Waals surface area contributed by atoms with Crippen molar-refractivity contribution in [1.82, 2.24) is 10.2 Å². The van der Waals surface area contributed by atoms with Gasteiger partial charge in [0.1, 0.15) is 0 Å². The van der Waals surface area contributed by atoms with Crippen molar-refractivity contribution in [3.05, 3.63) is 0 Å². The van der Waals surface area contributed by atoms with E-state index >= 15 is 0 Å². The van der Waals surface area contributed by atoms with Crippen molar-refractivity contribution in [3.8, 4) is 0 Å². The fraction of sp³-hybridized carbons (Fsp3) is 0.778. The fourth-order valence-corrected chi connectivity index (χ4v) is 1.54. The molecule has 1 saturated heterocycles. The second-order valence-corrected chi connectivity index (χ2v) is 3.59. The number of rotatable bonds is 3. The Morgan fingerprint density at radius 1 is 1.38 bits per heavy atom. The zero-order valence-electron chi connectivity index (χ0n) is 8.39. The molecule has 1 rings (SSSR count). The maximum absolute atomic E-state index is 11.4. The molecule has 1 aliphatic heterocycles. The topological polar surface area (TPSA) is 49.4 Å². The number of imide groups is 1. The van der Waals surface area contributed by atoms with Gasteiger partial charge >= 0.3 is 6.03 Å². The summed E-state index contributed by atoms with van der Waals surface area (Å²) in [4.78, 5) is 24.1. The van der Waals surface area contributed by atoms with E-state index in [1.54, 1.807) is 0 Å². The summed E-state index contributed by atoms with van der Waals surface area (Å²) in [6.07, 6.45) is 1.59. The van der Waals surface area contributed by atoms with Crippen molar-refractivity contribution in [2.75, 3.05) is 6.54 Å². The largest absolute Gasteiger partial charge is 0.329 e. The van der Waals surface area contributed by atoms with E-state index in [1.165, 1.54) is 4.90 Å². The number of hydrogen-bond donors (Lipinski definition) is 1. The summed E-state index contributed by atoms with van der Waals surface area (Å²) in [6, 6.07) is -0.254. The number of nitrogens with zero attached hydrogens (tertiary/aromatic N) is 1. The van der Waals surface area contributed by atoms with E-state index in [2.05, 4.69) is 5.32 Å². The van der Waals surface area contributed by atoms with Crippen LogP contribution < -0.4 is 5.32 Å². The second kappa shape index (κ2) is 3.36. The third kappa shape index (κ3) is 1.53. The van der Waals surface area contributed by atoms with Crippen molar-refractivity contribution in [2.24, 2.45) is 0 Å². The van der Waals surface area contributed by atoms with E-state index < -0.39 is 0 Å². The van der Waals surface area contributed by atoms with Crippen LogP contribution in [-0.2, 0) is 4.79 Å². The lowest BCUT2D eigenvalue weighted by Crippen LogP contribution is -2.49. The number of urea groups is 1. The first kappa shape index (κ1) is 10.0. The van der Waals surface area contributed by atoms with E-state index in [0.29, 0.717) is 0 Å². The van der Waals surface area contributed by atoms with E-state index in [-0.39, 0.29) is 24.0 Å². The average molecular weight is 184 g/mol. The number of nitrogens with one attached hydrogen (secondary N) is 1. The molecule has 3 amide bonds. The third-order valence-electron chi connectivity index (χ3n) is 2.91. The Hall–Kier alpha value is -1.06. The van der Waals surface area contributed by atoms with Gasteiger partial charge in [-0.2, -0.15) is 0 Å². The summed E-state index contributed by atoms with van der Waals surface area (Å²) in [6.45, 7) is 6.06. The summed E-state index contributed by atoms with van der Waals surface area (Å²) in [5.41, 5.74) is -0.322. The molecule has 1 aliphatic rings. The molecule has 0 aliphatic carbocycles. The molecule has 0 aromatic rings. The molecule has 1 heterocycles. The van der Waals surface area contributed by atoms with Gasteiger partial charge in [-0.1, -0.05) is 13.8 Å². The fourth-order valence-electron chi connectivity index (χ4n) is 1.54. The summed E-state index contributed by atoms with van der Waals surface area (Å²) in [5.74, 6) is -0.115. The minimum Gasteiger partial charge on any atom is -0.329 e. The normalized spacial score (nSPS) is 17.9. The molecule has 4 nitrogen and oxygen atoms in total. The molecule has 0 atom stereocenters. The van der Waals surface area contributed by atoms with Crippen molar-refractivity contribution < 1.29 is 9.59 Å². The van der Waals surface area contributed by atoms with Gasteiger partial charge < -0.3 is 5.32 Å². The molecule has 0 saturated carbocycles. The van der Waals surface area contributed by atoms with Gasteiger partial charge in [0.2, 0.25) is 0 Å². The van der Waals surface area contributed by atoms with Crippen molar-refractivity contribution in [1.29, 1.82) is 0 Å². The van der Waals surface area contributed by atoms with Crippen LogP contribution in [0.15, 0.2) is 0 Å². The van der Waals surface area contributed by atoms with Crippen LogP contribution >= 0.6 is 0 Å². The quantitative estimate of drug-likeness (QED) is 0.668. The molecule has 1 N–H and O–H groups in total. The number of hydrogen-bond acceptors (Lipinski definition) is 2. The second-order valence-electron chi connectivity index (χ2n) is 3.59. The molecule has 13 heavy (non-hydrogen) atoms. The predicted octanol–water partition coefficient (Wildman–Crippen LogP) is 1.12. The standard InChI is InChI=1S/C9H16N2O2/c1-4-9(3,5-2)11-7(12)6-10-8(11)13/h4-6H2,1-3H3,(H,10,13). The zero-order chi connectivity index (χ0) is 10.1. The number of amides is 3. The van der Waals surface area contributed by atoms with Gasteiger partial charge in [0.05, 0.1) is 6.54 Å². The minimum atomic E-state index is -0.322. The van der Waals surface area contributed by atoms with E-state index in [0.717, 1.165) is 12.8 Å². The molecule has 74 valence electrons. The number of carbonyl (C=O) groups is 2. The lowest BCUT2D eigenvalue weighted by Gasteiger charge is -2.34. The Morgan fingerprint density at radius 3 is 2.23 bits per heavy atom. The predicted molar refractivity (Wildman–Crippen MR) is 49.2 cm³/mol. The molecule has 0 spiro atoms. The smallest absolute Gasteiger partial charge is 0.325 e. The first-order valence-corrected chi connectivity index (χ1v) is 4.66. The molecule has 0 aromatic heterocycles. The maximum Gasteiger partial charge on any atom is 0.325 e. The van der Waals surface area contributed by atoms with Crippen LogP contribution in [0.3, 0.4) is 0 Å². The van der Waals surface area contributed by atoms with Crippen LogP contribution in [0.2, 0.25) is 0 Å². The molecular formula is C9H16N2O2. The van der Waals surface area contributed by atoms with Gasteiger partial charge in [-0.3, -0.25) is 9.69 Å². The lowest BCUT2D eigenvalue weighted by molar-refractivity contribution is -0.129. The molecule has 1 fully saturated rings. The van der Waals surface area contributed by atoms with Crippen LogP contribution in [0.4, 0.5) is 4.79 Å². The van der Waals surface area contributed by atoms with Gasteiger partial charge in [0.25, 0.3) is 5.91 Å². The van der Waals surface area contributed by atoms with Crippen molar-refractivity contribution in [3.63, 3.8) is 0 Å². The molecule has 0 unspecified atom stereocenters. The maximum atomic E-state index is 11.4. The van der Waals surface area contributed by atoms with Gasteiger partial charge in [-0.25, -0.2) is 4.79 Å². The molecule has 0 aromatic carbocycles. The first-order valence-electron chi connectivity index (χ1n) is 4.66. The summed E-state index contributed by atoms with van der Waals surface area (Å²) in [5, 5.41) is 2.53. The Kier molecular flexibility index (Phi) is 2.59. The lowest BCUT2D eigenvalue weighted by atomic mass is 9.93. The van der Waals surface area contributed by atoms with Crippen LogP contribution in [0.25, 0.3) is 0 Å². The summed E-state index contributed by atoms with van der Waals surface area (Å²) < 4.78 is 0. The van der Waals surface area contributed by atoms with Crippen molar-refractivity contribution in [2.45, 2.75) is 39.2 Å². The Labute approximate surface area is 78.3 Å². The highest BCUT2D eigenvalue weighted by molar-refractivity contribution is 6.02. The van der Waals surface area contributed by atoms with E-state index in [9.17, 15) is 9.59 Å². The van der Waals surface area contributed by atoms with Crippen LogP contribution in [-0.4, -0.2) is 28.9 Å². The van der Waals surface area contributed by atoms with Crippen LogP contribution in [0.5, 0.6) is 0 Å². The third-order valence-corrected chi connectivity index (χ3v) is 2.91. The Morgan fingerprint density at radius 2 is 1.92 bits per heavy atom. The molecule has 0 radical (unpaired) electrons. The first-order chi connectivity index (χ1) is 6.05. The van der Waals surface area contributed by atoms with E-state index in [4.69, 9.17) is 0 Å². The van der Waals surface area contributed by atoms with Crippen molar-refractivity contribution >= 4 is 11.9 Å². The monoisotopic (exact) mass is 184 g/mol. The number of carbonyl (C=O) groups excluding carboxylic acids is 2. The Balaban J connectivity index is 2.90. The zero-order valence-corrected chi connectivity index (χ0v) is 8.39. The minimum absolute atomic E-state index is 0.115. The van der Waals surface area contributed by atoms with E-state index in [1.807, 2.05) is 20.8 Å². The molecular weight excluding hydrogens is 168 g/mol. The highest BCUT2D eigenvalue weighted by Crippen LogP contribution is 2.25. The van der Waals surface area contributed by atoms with Gasteiger partial charge in [-0.15, -0.1) is 0 Å². The highest BCUT2D eigenvalue weighted by atomic mass is 16.2. The Bertz CT molecular complexity index is 218. The van der Waals surface area contributed by atoms with Crippen LogP contribution in [0.1, 0.15) is 33.6 Å².